The fourth-order valence-electron chi connectivity index (χ4n) is 2.30. The molecule has 22 heavy (non-hydrogen) atoms. The third-order valence-electron chi connectivity index (χ3n) is 3.38. The van der Waals surface area contributed by atoms with Crippen molar-refractivity contribution in [1.29, 1.82) is 0 Å². The summed E-state index contributed by atoms with van der Waals surface area (Å²) < 4.78 is 37.6. The summed E-state index contributed by atoms with van der Waals surface area (Å²) in [6.07, 6.45) is 0.133. The zero-order valence-corrected chi connectivity index (χ0v) is 12.9. The van der Waals surface area contributed by atoms with Gasteiger partial charge in [-0.05, 0) is 50.4 Å². The number of hydrogen-bond acceptors (Lipinski definition) is 2. The number of rotatable bonds is 8. The van der Waals surface area contributed by atoms with E-state index in [1.807, 2.05) is 0 Å². The first kappa shape index (κ1) is 18.5. The van der Waals surface area contributed by atoms with Crippen LogP contribution in [0.5, 0.6) is 0 Å². The fourth-order valence-corrected chi connectivity index (χ4v) is 2.30. The summed E-state index contributed by atoms with van der Waals surface area (Å²) in [5.41, 5.74) is 11.3. The van der Waals surface area contributed by atoms with Gasteiger partial charge in [-0.1, -0.05) is 25.0 Å². The van der Waals surface area contributed by atoms with Gasteiger partial charge < -0.3 is 11.5 Å². The van der Waals surface area contributed by atoms with Crippen molar-refractivity contribution in [2.24, 2.45) is 16.5 Å². The van der Waals surface area contributed by atoms with Gasteiger partial charge in [-0.25, -0.2) is 0 Å². The number of nitrogens with zero attached hydrogens (tertiary/aromatic N) is 1. The number of alkyl halides is 3. The van der Waals surface area contributed by atoms with Gasteiger partial charge in [0.15, 0.2) is 0 Å². The number of benzene rings is 1. The molecule has 0 aromatic heterocycles. The molecule has 1 unspecified atom stereocenters. The lowest BCUT2D eigenvalue weighted by atomic mass is 9.99. The summed E-state index contributed by atoms with van der Waals surface area (Å²) in [4.78, 5) is 4.38. The molecule has 0 aliphatic heterocycles. The Morgan fingerprint density at radius 1 is 1.14 bits per heavy atom. The minimum atomic E-state index is -4.30. The Kier molecular flexibility index (Phi) is 7.38. The number of amidine groups is 1. The van der Waals surface area contributed by atoms with Crippen molar-refractivity contribution in [3.05, 3.63) is 35.4 Å². The molecule has 0 bridgehead atoms. The normalized spacial score (nSPS) is 14.1. The van der Waals surface area contributed by atoms with Crippen LogP contribution in [0.25, 0.3) is 0 Å². The van der Waals surface area contributed by atoms with E-state index in [1.54, 1.807) is 6.92 Å². The Hall–Kier alpha value is -1.56. The molecule has 0 saturated heterocycles. The molecule has 0 spiro atoms. The van der Waals surface area contributed by atoms with E-state index in [-0.39, 0.29) is 6.04 Å². The molecule has 3 nitrogen and oxygen atoms in total. The van der Waals surface area contributed by atoms with E-state index >= 15 is 0 Å². The number of nitrogens with two attached hydrogens (primary N) is 2. The van der Waals surface area contributed by atoms with Crippen LogP contribution in [-0.4, -0.2) is 18.4 Å². The molecule has 0 saturated carbocycles. The highest BCUT2D eigenvalue weighted by Gasteiger charge is 2.29. The molecule has 6 heteroatoms. The van der Waals surface area contributed by atoms with Crippen molar-refractivity contribution in [1.82, 2.24) is 0 Å². The molecule has 0 aliphatic carbocycles. The van der Waals surface area contributed by atoms with Gasteiger partial charge >= 0.3 is 6.18 Å². The first-order chi connectivity index (χ1) is 10.3. The second-order valence-electron chi connectivity index (χ2n) is 5.46. The second kappa shape index (κ2) is 8.78. The van der Waals surface area contributed by atoms with Crippen LogP contribution in [0.1, 0.15) is 43.7 Å². The van der Waals surface area contributed by atoms with Crippen molar-refractivity contribution < 1.29 is 13.2 Å². The maximum Gasteiger partial charge on any atom is 0.416 e. The van der Waals surface area contributed by atoms with Crippen LogP contribution >= 0.6 is 0 Å². The van der Waals surface area contributed by atoms with E-state index in [0.29, 0.717) is 18.8 Å². The van der Waals surface area contributed by atoms with Crippen molar-refractivity contribution in [2.45, 2.75) is 51.2 Å². The molecular formula is C16H24F3N3. The van der Waals surface area contributed by atoms with Crippen molar-refractivity contribution in [3.63, 3.8) is 0 Å². The average Bonchev–Trinajstić information content (AvgIpc) is 2.42. The summed E-state index contributed by atoms with van der Waals surface area (Å²) in [5, 5.41) is 0. The Bertz CT molecular complexity index is 463. The van der Waals surface area contributed by atoms with Gasteiger partial charge in [0.1, 0.15) is 0 Å². The molecule has 0 aliphatic rings. The van der Waals surface area contributed by atoms with E-state index in [9.17, 15) is 13.2 Å². The Morgan fingerprint density at radius 2 is 1.77 bits per heavy atom. The largest absolute Gasteiger partial charge is 0.416 e. The molecule has 0 radical (unpaired) electrons. The van der Waals surface area contributed by atoms with E-state index in [4.69, 9.17) is 11.5 Å². The third-order valence-corrected chi connectivity index (χ3v) is 3.38. The first-order valence-electron chi connectivity index (χ1n) is 7.49. The van der Waals surface area contributed by atoms with Crippen molar-refractivity contribution in [3.8, 4) is 0 Å². The highest BCUT2D eigenvalue weighted by molar-refractivity contribution is 5.77. The molecule has 0 fully saturated rings. The number of hydrogen-bond donors (Lipinski definition) is 2. The van der Waals surface area contributed by atoms with Crippen LogP contribution in [0, 0.1) is 0 Å². The molecule has 1 aromatic carbocycles. The van der Waals surface area contributed by atoms with Crippen LogP contribution in [-0.2, 0) is 12.6 Å². The minimum Gasteiger partial charge on any atom is -0.388 e. The quantitative estimate of drug-likeness (QED) is 0.438. The van der Waals surface area contributed by atoms with Gasteiger partial charge in [-0.2, -0.15) is 13.2 Å². The topological polar surface area (TPSA) is 64.4 Å². The lowest BCUT2D eigenvalue weighted by molar-refractivity contribution is -0.137. The second-order valence-corrected chi connectivity index (χ2v) is 5.46. The molecule has 1 atom stereocenters. The standard InChI is InChI=1S/C16H24F3N3/c1-12(21)22-15(5-3-2-4-10-20)11-13-6-8-14(9-7-13)16(17,18)19/h6-9,15H,2-5,10-11,20H2,1H3,(H2,21,22). The van der Waals surface area contributed by atoms with E-state index < -0.39 is 11.7 Å². The highest BCUT2D eigenvalue weighted by Crippen LogP contribution is 2.29. The molecular weight excluding hydrogens is 291 g/mol. The van der Waals surface area contributed by atoms with Crippen LogP contribution in [0.2, 0.25) is 0 Å². The van der Waals surface area contributed by atoms with Gasteiger partial charge in [0.25, 0.3) is 0 Å². The van der Waals surface area contributed by atoms with Gasteiger partial charge in [0.2, 0.25) is 0 Å². The third kappa shape index (κ3) is 6.93. The van der Waals surface area contributed by atoms with E-state index in [0.717, 1.165) is 43.4 Å². The van der Waals surface area contributed by atoms with Gasteiger partial charge in [0.05, 0.1) is 17.4 Å². The lowest BCUT2D eigenvalue weighted by Gasteiger charge is -2.14. The van der Waals surface area contributed by atoms with Crippen molar-refractivity contribution in [2.75, 3.05) is 6.54 Å². The summed E-state index contributed by atoms with van der Waals surface area (Å²) in [6.45, 7) is 2.39. The average molecular weight is 315 g/mol. The maximum absolute atomic E-state index is 12.5. The Labute approximate surface area is 129 Å². The molecule has 0 amide bonds. The predicted octanol–water partition coefficient (Wildman–Crippen LogP) is 3.51. The monoisotopic (exact) mass is 315 g/mol. The number of halogens is 3. The maximum atomic E-state index is 12.5. The van der Waals surface area contributed by atoms with Gasteiger partial charge in [-0.15, -0.1) is 0 Å². The van der Waals surface area contributed by atoms with Crippen LogP contribution in [0.3, 0.4) is 0 Å². The molecule has 0 heterocycles. The molecule has 1 aromatic rings. The van der Waals surface area contributed by atoms with Crippen LogP contribution in [0.4, 0.5) is 13.2 Å². The summed E-state index contributed by atoms with van der Waals surface area (Å²) >= 11 is 0. The zero-order valence-electron chi connectivity index (χ0n) is 12.9. The van der Waals surface area contributed by atoms with Crippen molar-refractivity contribution >= 4 is 5.84 Å². The van der Waals surface area contributed by atoms with Gasteiger partial charge in [0, 0.05) is 0 Å². The Morgan fingerprint density at radius 3 is 2.27 bits per heavy atom. The smallest absolute Gasteiger partial charge is 0.388 e. The lowest BCUT2D eigenvalue weighted by Crippen LogP contribution is -2.16. The predicted molar refractivity (Wildman–Crippen MR) is 83.8 cm³/mol. The summed E-state index contributed by atoms with van der Waals surface area (Å²) in [6, 6.07) is 5.24. The molecule has 4 N–H and O–H groups in total. The van der Waals surface area contributed by atoms with Crippen LogP contribution in [0.15, 0.2) is 29.3 Å². The van der Waals surface area contributed by atoms with E-state index in [2.05, 4.69) is 4.99 Å². The Balaban J connectivity index is 2.66. The summed E-state index contributed by atoms with van der Waals surface area (Å²) in [7, 11) is 0. The first-order valence-corrected chi connectivity index (χ1v) is 7.49. The van der Waals surface area contributed by atoms with E-state index in [1.165, 1.54) is 12.1 Å². The fraction of sp³-hybridized carbons (Fsp3) is 0.562. The highest BCUT2D eigenvalue weighted by atomic mass is 19.4. The number of aliphatic imine (C=N–C) groups is 1. The minimum absolute atomic E-state index is 0.000453. The van der Waals surface area contributed by atoms with Crippen LogP contribution < -0.4 is 11.5 Å². The summed E-state index contributed by atoms with van der Waals surface area (Å²) in [5.74, 6) is 0.496. The zero-order chi connectivity index (χ0) is 16.6. The molecule has 124 valence electrons. The molecule has 1 rings (SSSR count). The number of unbranched alkanes of at least 4 members (excludes halogenated alkanes) is 2. The SMILES string of the molecule is CC(N)=NC(CCCCCN)Cc1ccc(C(F)(F)F)cc1. The van der Waals surface area contributed by atoms with Gasteiger partial charge in [-0.3, -0.25) is 4.99 Å².